The van der Waals surface area contributed by atoms with Gasteiger partial charge in [0.05, 0.1) is 12.6 Å². The molecule has 104 valence electrons. The van der Waals surface area contributed by atoms with Gasteiger partial charge in [-0.1, -0.05) is 12.0 Å². The number of aromatic nitrogens is 5. The van der Waals surface area contributed by atoms with Crippen LogP contribution in [-0.2, 0) is 17.7 Å². The number of ether oxygens (including phenoxy) is 1. The summed E-state index contributed by atoms with van der Waals surface area (Å²) in [7, 11) is 1.66. The van der Waals surface area contributed by atoms with E-state index in [2.05, 4.69) is 25.7 Å². The SMILES string of the molecule is CCc1nnc(N[C@@H](C)c2nncn2CCOC)o1. The summed E-state index contributed by atoms with van der Waals surface area (Å²) in [5.41, 5.74) is 0. The van der Waals surface area contributed by atoms with Crippen molar-refractivity contribution in [2.75, 3.05) is 19.0 Å². The smallest absolute Gasteiger partial charge is 0.316 e. The molecule has 2 heterocycles. The molecule has 2 rings (SSSR count). The molecule has 0 unspecified atom stereocenters. The Kier molecular flexibility index (Phi) is 4.45. The Morgan fingerprint density at radius 3 is 2.95 bits per heavy atom. The minimum absolute atomic E-state index is 0.0792. The lowest BCUT2D eigenvalue weighted by Crippen LogP contribution is -2.15. The van der Waals surface area contributed by atoms with Crippen molar-refractivity contribution in [2.24, 2.45) is 0 Å². The fourth-order valence-corrected chi connectivity index (χ4v) is 1.67. The summed E-state index contributed by atoms with van der Waals surface area (Å²) in [5, 5.41) is 18.9. The highest BCUT2D eigenvalue weighted by molar-refractivity contribution is 5.21. The van der Waals surface area contributed by atoms with E-state index in [9.17, 15) is 0 Å². The van der Waals surface area contributed by atoms with Crippen molar-refractivity contribution < 1.29 is 9.15 Å². The average molecular weight is 266 g/mol. The minimum Gasteiger partial charge on any atom is -0.408 e. The van der Waals surface area contributed by atoms with Crippen molar-refractivity contribution in [1.29, 1.82) is 0 Å². The molecule has 0 aliphatic rings. The van der Waals surface area contributed by atoms with Crippen molar-refractivity contribution in [2.45, 2.75) is 32.9 Å². The Labute approximate surface area is 111 Å². The van der Waals surface area contributed by atoms with Gasteiger partial charge in [-0.25, -0.2) is 0 Å². The van der Waals surface area contributed by atoms with Crippen LogP contribution in [0.1, 0.15) is 31.6 Å². The number of nitrogens with zero attached hydrogens (tertiary/aromatic N) is 5. The van der Waals surface area contributed by atoms with Crippen molar-refractivity contribution in [1.82, 2.24) is 25.0 Å². The van der Waals surface area contributed by atoms with Gasteiger partial charge in [-0.3, -0.25) is 0 Å². The van der Waals surface area contributed by atoms with Crippen molar-refractivity contribution >= 4 is 6.01 Å². The van der Waals surface area contributed by atoms with E-state index in [0.29, 0.717) is 31.5 Å². The van der Waals surface area contributed by atoms with Crippen LogP contribution in [0.4, 0.5) is 6.01 Å². The van der Waals surface area contributed by atoms with Gasteiger partial charge in [-0.05, 0) is 6.92 Å². The molecule has 1 N–H and O–H groups in total. The zero-order valence-corrected chi connectivity index (χ0v) is 11.3. The van der Waals surface area contributed by atoms with E-state index in [4.69, 9.17) is 9.15 Å². The maximum atomic E-state index is 5.41. The van der Waals surface area contributed by atoms with Crippen LogP contribution in [0.15, 0.2) is 10.7 Å². The fourth-order valence-electron chi connectivity index (χ4n) is 1.67. The molecule has 2 aromatic heterocycles. The minimum atomic E-state index is -0.0792. The summed E-state index contributed by atoms with van der Waals surface area (Å²) >= 11 is 0. The predicted octanol–water partition coefficient (Wildman–Crippen LogP) is 1.04. The first-order chi connectivity index (χ1) is 9.24. The summed E-state index contributed by atoms with van der Waals surface area (Å²) < 4.78 is 12.4. The molecule has 0 aliphatic carbocycles. The average Bonchev–Trinajstić information content (AvgIpc) is 3.04. The second kappa shape index (κ2) is 6.28. The highest BCUT2D eigenvalue weighted by atomic mass is 16.5. The van der Waals surface area contributed by atoms with E-state index < -0.39 is 0 Å². The third kappa shape index (κ3) is 3.28. The molecule has 2 aromatic rings. The summed E-state index contributed by atoms with van der Waals surface area (Å²) in [6.45, 7) is 5.23. The predicted molar refractivity (Wildman–Crippen MR) is 67.6 cm³/mol. The van der Waals surface area contributed by atoms with Crippen LogP contribution in [0.2, 0.25) is 0 Å². The standard InChI is InChI=1S/C11H18N6O2/c1-4-9-14-16-11(19-9)13-8(2)10-15-12-7-17(10)5-6-18-3/h7-8H,4-6H2,1-3H3,(H,13,16)/t8-/m0/s1. The van der Waals surface area contributed by atoms with Gasteiger partial charge in [-0.2, -0.15) is 0 Å². The lowest BCUT2D eigenvalue weighted by atomic mass is 10.3. The zero-order chi connectivity index (χ0) is 13.7. The van der Waals surface area contributed by atoms with E-state index in [-0.39, 0.29) is 6.04 Å². The van der Waals surface area contributed by atoms with Crippen LogP contribution in [0.3, 0.4) is 0 Å². The van der Waals surface area contributed by atoms with Gasteiger partial charge in [-0.15, -0.1) is 15.3 Å². The number of rotatable bonds is 7. The molecule has 0 saturated heterocycles. The third-order valence-corrected chi connectivity index (χ3v) is 2.68. The molecule has 0 aromatic carbocycles. The fraction of sp³-hybridized carbons (Fsp3) is 0.636. The molecule has 19 heavy (non-hydrogen) atoms. The van der Waals surface area contributed by atoms with Crippen LogP contribution >= 0.6 is 0 Å². The number of hydrogen-bond acceptors (Lipinski definition) is 7. The second-order valence-electron chi connectivity index (χ2n) is 4.10. The molecular formula is C11H18N6O2. The molecule has 8 heteroatoms. The second-order valence-corrected chi connectivity index (χ2v) is 4.10. The number of anilines is 1. The molecule has 0 bridgehead atoms. The molecule has 8 nitrogen and oxygen atoms in total. The van der Waals surface area contributed by atoms with Gasteiger partial charge >= 0.3 is 6.01 Å². The normalized spacial score (nSPS) is 12.6. The first kappa shape index (κ1) is 13.5. The topological polar surface area (TPSA) is 90.9 Å². The van der Waals surface area contributed by atoms with E-state index in [1.807, 2.05) is 18.4 Å². The summed E-state index contributed by atoms with van der Waals surface area (Å²) in [6, 6.07) is 0.315. The molecule has 0 spiro atoms. The van der Waals surface area contributed by atoms with E-state index in [1.54, 1.807) is 13.4 Å². The first-order valence-corrected chi connectivity index (χ1v) is 6.20. The Bertz CT molecular complexity index is 509. The molecule has 1 atom stereocenters. The summed E-state index contributed by atoms with van der Waals surface area (Å²) in [6.07, 6.45) is 2.39. The van der Waals surface area contributed by atoms with E-state index in [1.165, 1.54) is 0 Å². The van der Waals surface area contributed by atoms with Crippen molar-refractivity contribution in [3.63, 3.8) is 0 Å². The van der Waals surface area contributed by atoms with Gasteiger partial charge in [0.25, 0.3) is 0 Å². The van der Waals surface area contributed by atoms with E-state index >= 15 is 0 Å². The lowest BCUT2D eigenvalue weighted by molar-refractivity contribution is 0.186. The maximum absolute atomic E-state index is 5.41. The first-order valence-electron chi connectivity index (χ1n) is 6.20. The number of nitrogens with one attached hydrogen (secondary N) is 1. The Balaban J connectivity index is 2.02. The highest BCUT2D eigenvalue weighted by Crippen LogP contribution is 2.16. The Morgan fingerprint density at radius 1 is 1.42 bits per heavy atom. The van der Waals surface area contributed by atoms with Gasteiger partial charge in [0, 0.05) is 20.1 Å². The molecule has 0 radical (unpaired) electrons. The van der Waals surface area contributed by atoms with Crippen molar-refractivity contribution in [3.05, 3.63) is 18.0 Å². The van der Waals surface area contributed by atoms with Gasteiger partial charge in [0.1, 0.15) is 6.33 Å². The zero-order valence-electron chi connectivity index (χ0n) is 11.3. The summed E-state index contributed by atoms with van der Waals surface area (Å²) in [4.78, 5) is 0. The Morgan fingerprint density at radius 2 is 2.26 bits per heavy atom. The van der Waals surface area contributed by atoms with Crippen LogP contribution in [0.5, 0.6) is 0 Å². The molecule has 0 aliphatic heterocycles. The largest absolute Gasteiger partial charge is 0.408 e. The number of hydrogen-bond donors (Lipinski definition) is 1. The highest BCUT2D eigenvalue weighted by Gasteiger charge is 2.15. The van der Waals surface area contributed by atoms with Gasteiger partial charge < -0.3 is 19.0 Å². The van der Waals surface area contributed by atoms with Gasteiger partial charge in [0.2, 0.25) is 5.89 Å². The van der Waals surface area contributed by atoms with Crippen LogP contribution < -0.4 is 5.32 Å². The molecule has 0 amide bonds. The quantitative estimate of drug-likeness (QED) is 0.800. The summed E-state index contributed by atoms with van der Waals surface area (Å²) in [5.74, 6) is 1.41. The molecule has 0 saturated carbocycles. The van der Waals surface area contributed by atoms with Crippen LogP contribution in [0, 0.1) is 0 Å². The van der Waals surface area contributed by atoms with Gasteiger partial charge in [0.15, 0.2) is 5.82 Å². The van der Waals surface area contributed by atoms with E-state index in [0.717, 1.165) is 5.82 Å². The lowest BCUT2D eigenvalue weighted by Gasteiger charge is -2.12. The van der Waals surface area contributed by atoms with Crippen LogP contribution in [0.25, 0.3) is 0 Å². The molecule has 0 fully saturated rings. The van der Waals surface area contributed by atoms with Crippen molar-refractivity contribution in [3.8, 4) is 0 Å². The molecular weight excluding hydrogens is 248 g/mol. The Hall–Kier alpha value is -1.96. The van der Waals surface area contributed by atoms with Crippen LogP contribution in [-0.4, -0.2) is 38.7 Å². The third-order valence-electron chi connectivity index (χ3n) is 2.68. The number of methoxy groups -OCH3 is 1. The number of aryl methyl sites for hydroxylation is 1. The maximum Gasteiger partial charge on any atom is 0.316 e. The monoisotopic (exact) mass is 266 g/mol.